The summed E-state index contributed by atoms with van der Waals surface area (Å²) in [6, 6.07) is 10.5. The Labute approximate surface area is 122 Å². The molecule has 2 nitrogen and oxygen atoms in total. The Bertz CT molecular complexity index is 514. The van der Waals surface area contributed by atoms with E-state index in [9.17, 15) is 0 Å². The fourth-order valence-electron chi connectivity index (χ4n) is 2.50. The first-order valence-corrected chi connectivity index (χ1v) is 7.85. The molecule has 1 N–H and O–H groups in total. The zero-order valence-electron chi connectivity index (χ0n) is 12.7. The lowest BCUT2D eigenvalue weighted by molar-refractivity contribution is 0.523. The van der Waals surface area contributed by atoms with Crippen LogP contribution in [0.5, 0.6) is 0 Å². The van der Waals surface area contributed by atoms with Gasteiger partial charge in [0.15, 0.2) is 0 Å². The fraction of sp³-hybridized carbons (Fsp3) is 0.500. The van der Waals surface area contributed by atoms with Crippen LogP contribution in [-0.2, 0) is 0 Å². The third-order valence-electron chi connectivity index (χ3n) is 3.67. The molecule has 0 atom stereocenters. The van der Waals surface area contributed by atoms with Crippen molar-refractivity contribution in [2.75, 3.05) is 11.9 Å². The van der Waals surface area contributed by atoms with Crippen molar-refractivity contribution in [3.8, 4) is 0 Å². The molecule has 108 valence electrons. The predicted molar refractivity (Wildman–Crippen MR) is 88.2 cm³/mol. The minimum Gasteiger partial charge on any atom is -0.370 e. The van der Waals surface area contributed by atoms with Gasteiger partial charge in [-0.15, -0.1) is 0 Å². The van der Waals surface area contributed by atoms with Crippen molar-refractivity contribution < 1.29 is 0 Å². The molecule has 2 heteroatoms. The van der Waals surface area contributed by atoms with Gasteiger partial charge >= 0.3 is 0 Å². The molecule has 2 rings (SSSR count). The highest BCUT2D eigenvalue weighted by atomic mass is 15.0. The Morgan fingerprint density at radius 2 is 1.80 bits per heavy atom. The summed E-state index contributed by atoms with van der Waals surface area (Å²) in [5, 5.41) is 5.95. The smallest absolute Gasteiger partial charge is 0.133 e. The number of anilines is 1. The van der Waals surface area contributed by atoms with Gasteiger partial charge in [-0.2, -0.15) is 0 Å². The molecule has 0 bridgehead atoms. The molecule has 1 heterocycles. The highest BCUT2D eigenvalue weighted by Gasteiger charge is 2.00. The Morgan fingerprint density at radius 1 is 1.00 bits per heavy atom. The van der Waals surface area contributed by atoms with E-state index in [0.717, 1.165) is 18.3 Å². The summed E-state index contributed by atoms with van der Waals surface area (Å²) in [7, 11) is 0. The second-order valence-electron chi connectivity index (χ2n) is 5.90. The first-order chi connectivity index (χ1) is 9.77. The highest BCUT2D eigenvalue weighted by molar-refractivity contribution is 5.91. The molecular formula is C18H26N2. The van der Waals surface area contributed by atoms with Crippen molar-refractivity contribution in [2.45, 2.75) is 46.0 Å². The van der Waals surface area contributed by atoms with Gasteiger partial charge in [0, 0.05) is 18.1 Å². The lowest BCUT2D eigenvalue weighted by atomic mass is 10.0. The molecule has 0 aliphatic carbocycles. The summed E-state index contributed by atoms with van der Waals surface area (Å²) in [6.07, 6.45) is 8.49. The zero-order chi connectivity index (χ0) is 14.2. The van der Waals surface area contributed by atoms with Gasteiger partial charge in [-0.05, 0) is 23.8 Å². The van der Waals surface area contributed by atoms with Gasteiger partial charge < -0.3 is 5.32 Å². The number of nitrogens with one attached hydrogen (secondary N) is 1. The van der Waals surface area contributed by atoms with Crippen LogP contribution in [0.4, 0.5) is 5.82 Å². The second kappa shape index (κ2) is 7.88. The highest BCUT2D eigenvalue weighted by Crippen LogP contribution is 2.20. The zero-order valence-corrected chi connectivity index (χ0v) is 12.7. The summed E-state index contributed by atoms with van der Waals surface area (Å²) >= 11 is 0. The number of rotatable bonds is 8. The van der Waals surface area contributed by atoms with Gasteiger partial charge in [-0.3, -0.25) is 0 Å². The molecule has 1 aromatic heterocycles. The van der Waals surface area contributed by atoms with Gasteiger partial charge in [0.05, 0.1) is 0 Å². The van der Waals surface area contributed by atoms with E-state index in [1.54, 1.807) is 0 Å². The van der Waals surface area contributed by atoms with E-state index in [0.29, 0.717) is 0 Å². The molecule has 1 aromatic carbocycles. The van der Waals surface area contributed by atoms with Crippen LogP contribution in [0, 0.1) is 5.92 Å². The van der Waals surface area contributed by atoms with Crippen LogP contribution in [-0.4, -0.2) is 11.5 Å². The maximum atomic E-state index is 4.45. The predicted octanol–water partition coefficient (Wildman–Crippen LogP) is 5.25. The molecular weight excluding hydrogens is 244 g/mol. The van der Waals surface area contributed by atoms with Crippen LogP contribution in [0.2, 0.25) is 0 Å². The molecule has 0 aliphatic rings. The average Bonchev–Trinajstić information content (AvgIpc) is 2.46. The maximum Gasteiger partial charge on any atom is 0.133 e. The van der Waals surface area contributed by atoms with Crippen molar-refractivity contribution in [1.29, 1.82) is 0 Å². The molecule has 0 amide bonds. The van der Waals surface area contributed by atoms with Gasteiger partial charge in [0.1, 0.15) is 5.82 Å². The molecule has 0 radical (unpaired) electrons. The van der Waals surface area contributed by atoms with Crippen LogP contribution in [0.15, 0.2) is 36.5 Å². The second-order valence-corrected chi connectivity index (χ2v) is 5.90. The molecule has 0 spiro atoms. The number of aromatic nitrogens is 1. The first kappa shape index (κ1) is 14.8. The van der Waals surface area contributed by atoms with E-state index < -0.39 is 0 Å². The van der Waals surface area contributed by atoms with Gasteiger partial charge in [0.2, 0.25) is 0 Å². The molecule has 0 aliphatic heterocycles. The number of unbranched alkanes of at least 4 members (excludes halogenated alkanes) is 3. The normalized spacial score (nSPS) is 11.2. The summed E-state index contributed by atoms with van der Waals surface area (Å²) in [5.74, 6) is 1.86. The molecule has 0 fully saturated rings. The standard InChI is InChI=1S/C18H26N2/c1-15(2)9-5-3-4-8-13-19-18-17-11-7-6-10-16(17)12-14-20-18/h6-7,10-12,14-15H,3-5,8-9,13H2,1-2H3,(H,19,20). The van der Waals surface area contributed by atoms with Crippen molar-refractivity contribution in [2.24, 2.45) is 5.92 Å². The van der Waals surface area contributed by atoms with Crippen LogP contribution >= 0.6 is 0 Å². The van der Waals surface area contributed by atoms with E-state index in [-0.39, 0.29) is 0 Å². The van der Waals surface area contributed by atoms with Crippen LogP contribution in [0.25, 0.3) is 10.8 Å². The largest absolute Gasteiger partial charge is 0.370 e. The summed E-state index contributed by atoms with van der Waals surface area (Å²) in [4.78, 5) is 4.45. The Morgan fingerprint density at radius 3 is 2.65 bits per heavy atom. The van der Waals surface area contributed by atoms with Gasteiger partial charge in [-0.1, -0.05) is 63.8 Å². The molecule has 0 saturated carbocycles. The monoisotopic (exact) mass is 270 g/mol. The SMILES string of the molecule is CC(C)CCCCCCNc1nccc2ccccc12. The van der Waals surface area contributed by atoms with Crippen LogP contribution in [0.1, 0.15) is 46.0 Å². The number of hydrogen-bond acceptors (Lipinski definition) is 2. The molecule has 20 heavy (non-hydrogen) atoms. The first-order valence-electron chi connectivity index (χ1n) is 7.85. The number of hydrogen-bond donors (Lipinski definition) is 1. The summed E-state index contributed by atoms with van der Waals surface area (Å²) in [6.45, 7) is 5.62. The average molecular weight is 270 g/mol. The third kappa shape index (κ3) is 4.52. The Balaban J connectivity index is 1.73. The van der Waals surface area contributed by atoms with Crippen molar-refractivity contribution >= 4 is 16.6 Å². The van der Waals surface area contributed by atoms with E-state index in [4.69, 9.17) is 0 Å². The number of fused-ring (bicyclic) bond motifs is 1. The van der Waals surface area contributed by atoms with E-state index >= 15 is 0 Å². The van der Waals surface area contributed by atoms with Gasteiger partial charge in [0.25, 0.3) is 0 Å². The van der Waals surface area contributed by atoms with Crippen molar-refractivity contribution in [1.82, 2.24) is 4.98 Å². The van der Waals surface area contributed by atoms with E-state index in [1.807, 2.05) is 6.20 Å². The van der Waals surface area contributed by atoms with Crippen molar-refractivity contribution in [3.63, 3.8) is 0 Å². The van der Waals surface area contributed by atoms with Crippen molar-refractivity contribution in [3.05, 3.63) is 36.5 Å². The molecule has 0 unspecified atom stereocenters. The fourth-order valence-corrected chi connectivity index (χ4v) is 2.50. The lowest BCUT2D eigenvalue weighted by Crippen LogP contribution is -2.03. The summed E-state index contributed by atoms with van der Waals surface area (Å²) in [5.41, 5.74) is 0. The Kier molecular flexibility index (Phi) is 5.85. The third-order valence-corrected chi connectivity index (χ3v) is 3.67. The summed E-state index contributed by atoms with van der Waals surface area (Å²) < 4.78 is 0. The van der Waals surface area contributed by atoms with E-state index in [2.05, 4.69) is 54.5 Å². The Hall–Kier alpha value is -1.57. The minimum absolute atomic E-state index is 0.841. The minimum atomic E-state index is 0.841. The topological polar surface area (TPSA) is 24.9 Å². The maximum absolute atomic E-state index is 4.45. The lowest BCUT2D eigenvalue weighted by Gasteiger charge is -2.09. The number of pyridine rings is 1. The molecule has 2 aromatic rings. The van der Waals surface area contributed by atoms with E-state index in [1.165, 1.54) is 42.9 Å². The number of benzene rings is 1. The number of nitrogens with zero attached hydrogens (tertiary/aromatic N) is 1. The van der Waals surface area contributed by atoms with Crippen LogP contribution in [0.3, 0.4) is 0 Å². The van der Waals surface area contributed by atoms with Gasteiger partial charge in [-0.25, -0.2) is 4.98 Å². The van der Waals surface area contributed by atoms with Crippen LogP contribution < -0.4 is 5.32 Å². The quantitative estimate of drug-likeness (QED) is 0.662. The molecule has 0 saturated heterocycles.